The highest BCUT2D eigenvalue weighted by Crippen LogP contribution is 1.85. The van der Waals surface area contributed by atoms with E-state index < -0.39 is 11.2 Å². The number of methoxy groups -OCH3 is 2. The lowest BCUT2D eigenvalue weighted by Crippen LogP contribution is -2.40. The van der Waals surface area contributed by atoms with Crippen LogP contribution in [0.25, 0.3) is 0 Å². The molecule has 0 saturated carbocycles. The Hall–Kier alpha value is -1.48. The second kappa shape index (κ2) is 9.43. The molecule has 0 N–H and O–H groups in total. The van der Waals surface area contributed by atoms with E-state index in [1.165, 1.54) is 16.8 Å². The largest absolute Gasteiger partial charge is 0.382 e. The van der Waals surface area contributed by atoms with Gasteiger partial charge in [0.25, 0.3) is 5.56 Å². The molecule has 8 nitrogen and oxygen atoms in total. The first kappa shape index (κ1) is 16.6. The van der Waals surface area contributed by atoms with Gasteiger partial charge >= 0.3 is 5.69 Å². The van der Waals surface area contributed by atoms with Crippen molar-refractivity contribution in [1.29, 1.82) is 0 Å². The fraction of sp³-hybridized carbons (Fsp3) is 0.667. The first-order valence-electron chi connectivity index (χ1n) is 6.14. The van der Waals surface area contributed by atoms with E-state index in [1.807, 2.05) is 0 Å². The minimum atomic E-state index is -0.479. The molecule has 0 aliphatic heterocycles. The van der Waals surface area contributed by atoms with Gasteiger partial charge < -0.3 is 18.9 Å². The van der Waals surface area contributed by atoms with Gasteiger partial charge in [-0.25, -0.2) is 9.36 Å². The van der Waals surface area contributed by atoms with Gasteiger partial charge in [0, 0.05) is 26.5 Å². The predicted molar refractivity (Wildman–Crippen MR) is 70.6 cm³/mol. The molecule has 114 valence electrons. The van der Waals surface area contributed by atoms with Crippen molar-refractivity contribution in [2.24, 2.45) is 0 Å². The average Bonchev–Trinajstić information content (AvgIpc) is 2.44. The lowest BCUT2D eigenvalue weighted by Gasteiger charge is -2.10. The normalized spacial score (nSPS) is 10.9. The summed E-state index contributed by atoms with van der Waals surface area (Å²) in [6.07, 6.45) is 1.39. The molecule has 0 aliphatic rings. The standard InChI is InChI=1S/C12H20N2O6/c1-17-5-7-19-9-13-4-3-11(15)14(12(13)16)10-20-8-6-18-2/h3-4H,5-10H2,1-2H3. The third-order valence-corrected chi connectivity index (χ3v) is 2.45. The zero-order valence-corrected chi connectivity index (χ0v) is 11.7. The van der Waals surface area contributed by atoms with Crippen LogP contribution in [0.1, 0.15) is 0 Å². The zero-order chi connectivity index (χ0) is 14.8. The summed E-state index contributed by atoms with van der Waals surface area (Å²) < 4.78 is 22.4. The Morgan fingerprint density at radius 2 is 1.55 bits per heavy atom. The molecule has 0 radical (unpaired) electrons. The molecular weight excluding hydrogens is 268 g/mol. The molecule has 0 spiro atoms. The van der Waals surface area contributed by atoms with E-state index in [4.69, 9.17) is 18.9 Å². The minimum Gasteiger partial charge on any atom is -0.382 e. The van der Waals surface area contributed by atoms with Crippen LogP contribution in [-0.4, -0.2) is 49.8 Å². The van der Waals surface area contributed by atoms with Crippen LogP contribution in [0.4, 0.5) is 0 Å². The number of ether oxygens (including phenoxy) is 4. The molecule has 1 rings (SSSR count). The molecule has 20 heavy (non-hydrogen) atoms. The third kappa shape index (κ3) is 5.25. The van der Waals surface area contributed by atoms with Crippen LogP contribution in [0.5, 0.6) is 0 Å². The van der Waals surface area contributed by atoms with Crippen LogP contribution in [0.15, 0.2) is 21.9 Å². The van der Waals surface area contributed by atoms with Gasteiger partial charge in [-0.15, -0.1) is 0 Å². The molecule has 0 unspecified atom stereocenters. The Kier molecular flexibility index (Phi) is 7.81. The molecule has 0 amide bonds. The number of hydrogen-bond donors (Lipinski definition) is 0. The number of rotatable bonds is 10. The predicted octanol–water partition coefficient (Wildman–Crippen LogP) is -0.749. The van der Waals surface area contributed by atoms with Crippen LogP contribution in [0.3, 0.4) is 0 Å². The Labute approximate surface area is 116 Å². The molecular formula is C12H20N2O6. The topological polar surface area (TPSA) is 80.9 Å². The molecule has 0 atom stereocenters. The quantitative estimate of drug-likeness (QED) is 0.527. The van der Waals surface area contributed by atoms with E-state index >= 15 is 0 Å². The molecule has 0 aromatic carbocycles. The zero-order valence-electron chi connectivity index (χ0n) is 11.7. The number of hydrogen-bond acceptors (Lipinski definition) is 6. The summed E-state index contributed by atoms with van der Waals surface area (Å²) in [6.45, 7) is 1.46. The van der Waals surface area contributed by atoms with Gasteiger partial charge in [-0.1, -0.05) is 0 Å². The average molecular weight is 288 g/mol. The maximum atomic E-state index is 12.0. The highest BCUT2D eigenvalue weighted by molar-refractivity contribution is 4.85. The maximum absolute atomic E-state index is 12.0. The van der Waals surface area contributed by atoms with Crippen molar-refractivity contribution in [1.82, 2.24) is 9.13 Å². The van der Waals surface area contributed by atoms with Gasteiger partial charge in [0.2, 0.25) is 0 Å². The van der Waals surface area contributed by atoms with E-state index in [1.54, 1.807) is 14.2 Å². The lowest BCUT2D eigenvalue weighted by molar-refractivity contribution is 0.0204. The molecule has 0 aliphatic carbocycles. The van der Waals surface area contributed by atoms with Crippen molar-refractivity contribution in [3.63, 3.8) is 0 Å². The van der Waals surface area contributed by atoms with Crippen molar-refractivity contribution < 1.29 is 18.9 Å². The van der Waals surface area contributed by atoms with E-state index in [9.17, 15) is 9.59 Å². The number of aromatic nitrogens is 2. The second-order valence-corrected chi connectivity index (χ2v) is 3.89. The van der Waals surface area contributed by atoms with E-state index in [0.29, 0.717) is 26.4 Å². The van der Waals surface area contributed by atoms with Crippen LogP contribution in [0, 0.1) is 0 Å². The maximum Gasteiger partial charge on any atom is 0.334 e. The summed E-state index contributed by atoms with van der Waals surface area (Å²) >= 11 is 0. The smallest absolute Gasteiger partial charge is 0.334 e. The SMILES string of the molecule is COCCOCn1ccc(=O)n(COCCOC)c1=O. The first-order chi connectivity index (χ1) is 9.70. The molecule has 0 fully saturated rings. The van der Waals surface area contributed by atoms with Crippen molar-refractivity contribution >= 4 is 0 Å². The van der Waals surface area contributed by atoms with Crippen molar-refractivity contribution in [2.45, 2.75) is 13.5 Å². The molecule has 0 saturated heterocycles. The molecule has 1 aromatic rings. The third-order valence-electron chi connectivity index (χ3n) is 2.45. The summed E-state index contributed by atoms with van der Waals surface area (Å²) in [4.78, 5) is 23.6. The molecule has 1 aromatic heterocycles. The Morgan fingerprint density at radius 3 is 2.15 bits per heavy atom. The molecule has 1 heterocycles. The second-order valence-electron chi connectivity index (χ2n) is 3.89. The summed E-state index contributed by atoms with van der Waals surface area (Å²) in [5, 5.41) is 0. The van der Waals surface area contributed by atoms with Gasteiger partial charge in [-0.05, 0) is 0 Å². The van der Waals surface area contributed by atoms with E-state index in [0.717, 1.165) is 4.57 Å². The van der Waals surface area contributed by atoms with Crippen molar-refractivity contribution in [2.75, 3.05) is 40.6 Å². The Bertz CT molecular complexity index is 495. The monoisotopic (exact) mass is 288 g/mol. The van der Waals surface area contributed by atoms with Gasteiger partial charge in [0.1, 0.15) is 13.5 Å². The molecule has 8 heteroatoms. The lowest BCUT2D eigenvalue weighted by atomic mass is 10.6. The van der Waals surface area contributed by atoms with Crippen LogP contribution in [-0.2, 0) is 32.4 Å². The van der Waals surface area contributed by atoms with E-state index in [-0.39, 0.29) is 13.5 Å². The first-order valence-corrected chi connectivity index (χ1v) is 6.14. The Balaban J connectivity index is 2.64. The Morgan fingerprint density at radius 1 is 0.950 bits per heavy atom. The van der Waals surface area contributed by atoms with Crippen LogP contribution in [0.2, 0.25) is 0 Å². The highest BCUT2D eigenvalue weighted by Gasteiger charge is 2.05. The summed E-state index contributed by atoms with van der Waals surface area (Å²) in [5.41, 5.74) is -0.895. The van der Waals surface area contributed by atoms with Gasteiger partial charge in [-0.2, -0.15) is 0 Å². The van der Waals surface area contributed by atoms with Gasteiger partial charge in [0.05, 0.1) is 26.4 Å². The van der Waals surface area contributed by atoms with E-state index in [2.05, 4.69) is 0 Å². The van der Waals surface area contributed by atoms with Crippen LogP contribution < -0.4 is 11.2 Å². The van der Waals surface area contributed by atoms with Gasteiger partial charge in [-0.3, -0.25) is 9.36 Å². The van der Waals surface area contributed by atoms with Gasteiger partial charge in [0.15, 0.2) is 0 Å². The summed E-state index contributed by atoms with van der Waals surface area (Å²) in [7, 11) is 3.11. The summed E-state index contributed by atoms with van der Waals surface area (Å²) in [5.74, 6) is 0. The van der Waals surface area contributed by atoms with Crippen molar-refractivity contribution in [3.05, 3.63) is 33.1 Å². The van der Waals surface area contributed by atoms with Crippen LogP contribution >= 0.6 is 0 Å². The summed E-state index contributed by atoms with van der Waals surface area (Å²) in [6, 6.07) is 1.29. The highest BCUT2D eigenvalue weighted by atomic mass is 16.5. The van der Waals surface area contributed by atoms with Crippen molar-refractivity contribution in [3.8, 4) is 0 Å². The number of nitrogens with zero attached hydrogens (tertiary/aromatic N) is 2. The molecule has 0 bridgehead atoms. The fourth-order valence-corrected chi connectivity index (χ4v) is 1.38. The fourth-order valence-electron chi connectivity index (χ4n) is 1.38. The minimum absolute atomic E-state index is 0.0561.